The van der Waals surface area contributed by atoms with E-state index >= 15 is 0 Å². The number of rotatable bonds is 4. The summed E-state index contributed by atoms with van der Waals surface area (Å²) in [6.07, 6.45) is 0.646. The molecule has 2 rings (SSSR count). The molecular weight excluding hydrogens is 260 g/mol. The van der Waals surface area contributed by atoms with Crippen LogP contribution in [-0.4, -0.2) is 27.1 Å². The third kappa shape index (κ3) is 2.33. The summed E-state index contributed by atoms with van der Waals surface area (Å²) in [7, 11) is 1.70. The number of aromatic nitrogens is 2. The van der Waals surface area contributed by atoms with E-state index in [2.05, 4.69) is 10.4 Å². The van der Waals surface area contributed by atoms with Crippen molar-refractivity contribution in [3.05, 3.63) is 35.0 Å². The number of carboxylic acid groups (broad SMARTS) is 1. The van der Waals surface area contributed by atoms with Gasteiger partial charge in [0.15, 0.2) is 12.1 Å². The van der Waals surface area contributed by atoms with E-state index in [-0.39, 0.29) is 5.56 Å². The fourth-order valence-electron chi connectivity index (χ4n) is 1.85. The van der Waals surface area contributed by atoms with E-state index in [0.717, 1.165) is 0 Å². The summed E-state index contributed by atoms with van der Waals surface area (Å²) in [4.78, 5) is 22.0. The average molecular weight is 274 g/mol. The van der Waals surface area contributed by atoms with E-state index in [1.165, 1.54) is 22.9 Å². The predicted molar refractivity (Wildman–Crippen MR) is 74.4 cm³/mol. The summed E-state index contributed by atoms with van der Waals surface area (Å²) in [5.74, 6) is -0.562. The summed E-state index contributed by atoms with van der Waals surface area (Å²) in [6, 6.07) is 4.20. The molecular formula is C13H14N4O3. The van der Waals surface area contributed by atoms with Gasteiger partial charge in [0.1, 0.15) is 0 Å². The molecule has 0 unspecified atom stereocenters. The molecule has 2 aromatic rings. The van der Waals surface area contributed by atoms with Crippen LogP contribution >= 0.6 is 0 Å². The second kappa shape index (κ2) is 5.04. The Kier molecular flexibility index (Phi) is 3.43. The number of benzene rings is 1. The van der Waals surface area contributed by atoms with Crippen LogP contribution in [0.1, 0.15) is 26.4 Å². The summed E-state index contributed by atoms with van der Waals surface area (Å²) < 4.78 is 1.53. The Morgan fingerprint density at radius 3 is 2.70 bits per heavy atom. The van der Waals surface area contributed by atoms with Gasteiger partial charge in [-0.1, -0.05) is 0 Å². The highest BCUT2D eigenvalue weighted by Crippen LogP contribution is 2.27. The van der Waals surface area contributed by atoms with E-state index in [0.29, 0.717) is 34.7 Å². The predicted octanol–water partition coefficient (Wildman–Crippen LogP) is 1.57. The highest BCUT2D eigenvalue weighted by Gasteiger charge is 2.13. The normalized spacial score (nSPS) is 10.3. The first-order valence-electron chi connectivity index (χ1n) is 5.82. The number of carbonyl (C=O) groups is 2. The van der Waals surface area contributed by atoms with Gasteiger partial charge in [-0.3, -0.25) is 9.48 Å². The van der Waals surface area contributed by atoms with Crippen molar-refractivity contribution in [3.8, 4) is 0 Å². The number of hydrogen-bond donors (Lipinski definition) is 3. The fraction of sp³-hybridized carbons (Fsp3) is 0.154. The summed E-state index contributed by atoms with van der Waals surface area (Å²) >= 11 is 0. The molecule has 4 N–H and O–H groups in total. The van der Waals surface area contributed by atoms with Crippen LogP contribution in [0.2, 0.25) is 0 Å². The van der Waals surface area contributed by atoms with Crippen LogP contribution in [0.4, 0.5) is 17.2 Å². The first-order valence-corrected chi connectivity index (χ1v) is 5.82. The molecule has 0 atom stereocenters. The molecule has 0 fully saturated rings. The van der Waals surface area contributed by atoms with Crippen LogP contribution in [0.15, 0.2) is 18.2 Å². The number of nitrogens with two attached hydrogens (primary N) is 1. The number of nitrogens with one attached hydrogen (secondary N) is 1. The molecule has 0 radical (unpaired) electrons. The lowest BCUT2D eigenvalue weighted by molar-refractivity contribution is 0.0696. The van der Waals surface area contributed by atoms with Crippen molar-refractivity contribution in [1.82, 2.24) is 9.78 Å². The van der Waals surface area contributed by atoms with E-state index in [1.54, 1.807) is 14.0 Å². The van der Waals surface area contributed by atoms with Gasteiger partial charge in [-0.25, -0.2) is 4.79 Å². The van der Waals surface area contributed by atoms with Gasteiger partial charge in [-0.2, -0.15) is 5.10 Å². The third-order valence-corrected chi connectivity index (χ3v) is 2.95. The molecule has 20 heavy (non-hydrogen) atoms. The Balaban J connectivity index is 2.48. The number of aldehydes is 1. The lowest BCUT2D eigenvalue weighted by Gasteiger charge is -2.10. The minimum atomic E-state index is -1.07. The van der Waals surface area contributed by atoms with Crippen molar-refractivity contribution >= 4 is 29.4 Å². The third-order valence-electron chi connectivity index (χ3n) is 2.95. The molecule has 1 aromatic carbocycles. The molecule has 0 aliphatic carbocycles. The quantitative estimate of drug-likeness (QED) is 0.730. The first-order chi connectivity index (χ1) is 9.43. The van der Waals surface area contributed by atoms with Crippen molar-refractivity contribution < 1.29 is 14.7 Å². The molecule has 0 spiro atoms. The fourth-order valence-corrected chi connectivity index (χ4v) is 1.85. The molecule has 7 nitrogen and oxygen atoms in total. The monoisotopic (exact) mass is 274 g/mol. The molecule has 0 aliphatic rings. The average Bonchev–Trinajstić information content (AvgIpc) is 2.65. The zero-order valence-electron chi connectivity index (χ0n) is 11.0. The molecule has 0 bridgehead atoms. The number of nitrogen functional groups attached to an aromatic ring is 1. The van der Waals surface area contributed by atoms with Crippen molar-refractivity contribution in [1.29, 1.82) is 0 Å². The minimum Gasteiger partial charge on any atom is -0.478 e. The van der Waals surface area contributed by atoms with Gasteiger partial charge in [-0.15, -0.1) is 0 Å². The second-order valence-corrected chi connectivity index (χ2v) is 4.32. The van der Waals surface area contributed by atoms with Crippen molar-refractivity contribution in [2.45, 2.75) is 6.92 Å². The smallest absolute Gasteiger partial charge is 0.335 e. The van der Waals surface area contributed by atoms with Gasteiger partial charge in [0.25, 0.3) is 0 Å². The van der Waals surface area contributed by atoms with Crippen LogP contribution in [-0.2, 0) is 7.05 Å². The highest BCUT2D eigenvalue weighted by molar-refractivity contribution is 5.94. The van der Waals surface area contributed by atoms with E-state index in [4.69, 9.17) is 10.8 Å². The first kappa shape index (κ1) is 13.6. The maximum Gasteiger partial charge on any atom is 0.335 e. The number of nitrogens with zero attached hydrogens (tertiary/aromatic N) is 2. The summed E-state index contributed by atoms with van der Waals surface area (Å²) in [6.45, 7) is 1.76. The number of aryl methyl sites for hydroxylation is 2. The molecule has 104 valence electrons. The number of anilines is 3. The van der Waals surface area contributed by atoms with Gasteiger partial charge in [0.2, 0.25) is 0 Å². The van der Waals surface area contributed by atoms with Gasteiger partial charge < -0.3 is 16.2 Å². The molecule has 7 heteroatoms. The zero-order valence-corrected chi connectivity index (χ0v) is 11.0. The Hall–Kier alpha value is -2.83. The highest BCUT2D eigenvalue weighted by atomic mass is 16.4. The van der Waals surface area contributed by atoms with Gasteiger partial charge in [0.05, 0.1) is 22.6 Å². The van der Waals surface area contributed by atoms with Crippen molar-refractivity contribution in [3.63, 3.8) is 0 Å². The summed E-state index contributed by atoms with van der Waals surface area (Å²) in [5, 5.41) is 16.1. The van der Waals surface area contributed by atoms with Crippen LogP contribution in [0.3, 0.4) is 0 Å². The van der Waals surface area contributed by atoms with E-state index in [1.807, 2.05) is 0 Å². The SMILES string of the molecule is Cc1nn(C)c(Nc2cc(C(=O)O)ccc2C=O)c1N. The Morgan fingerprint density at radius 2 is 2.20 bits per heavy atom. The molecule has 0 saturated carbocycles. The number of carbonyl (C=O) groups excluding carboxylic acids is 1. The molecule has 1 heterocycles. The lowest BCUT2D eigenvalue weighted by atomic mass is 10.1. The standard InChI is InChI=1S/C13H14N4O3/c1-7-11(14)12(17(2)16-7)15-10-5-8(13(19)20)3-4-9(10)6-18/h3-6,15H,14H2,1-2H3,(H,19,20). The van der Waals surface area contributed by atoms with Crippen molar-refractivity contribution in [2.75, 3.05) is 11.1 Å². The Morgan fingerprint density at radius 1 is 1.50 bits per heavy atom. The van der Waals surface area contributed by atoms with Crippen LogP contribution < -0.4 is 11.1 Å². The second-order valence-electron chi connectivity index (χ2n) is 4.32. The molecule has 0 saturated heterocycles. The van der Waals surface area contributed by atoms with Crippen LogP contribution in [0.5, 0.6) is 0 Å². The molecule has 0 amide bonds. The van der Waals surface area contributed by atoms with Gasteiger partial charge >= 0.3 is 5.97 Å². The maximum atomic E-state index is 11.0. The number of aromatic carboxylic acids is 1. The van der Waals surface area contributed by atoms with Crippen LogP contribution in [0, 0.1) is 6.92 Å². The minimum absolute atomic E-state index is 0.0792. The number of hydrogen-bond acceptors (Lipinski definition) is 5. The molecule has 0 aliphatic heterocycles. The van der Waals surface area contributed by atoms with Gasteiger partial charge in [0, 0.05) is 12.6 Å². The topological polar surface area (TPSA) is 110 Å². The number of carboxylic acids is 1. The van der Waals surface area contributed by atoms with Gasteiger partial charge in [-0.05, 0) is 25.1 Å². The Bertz CT molecular complexity index is 691. The zero-order chi connectivity index (χ0) is 14.9. The largest absolute Gasteiger partial charge is 0.478 e. The van der Waals surface area contributed by atoms with E-state index in [9.17, 15) is 9.59 Å². The molecule has 1 aromatic heterocycles. The van der Waals surface area contributed by atoms with Crippen LogP contribution in [0.25, 0.3) is 0 Å². The Labute approximate surface area is 115 Å². The maximum absolute atomic E-state index is 11.0. The lowest BCUT2D eigenvalue weighted by Crippen LogP contribution is -2.05. The summed E-state index contributed by atoms with van der Waals surface area (Å²) in [5.41, 5.74) is 7.78. The van der Waals surface area contributed by atoms with E-state index < -0.39 is 5.97 Å². The van der Waals surface area contributed by atoms with Crippen molar-refractivity contribution in [2.24, 2.45) is 7.05 Å².